The molecule has 96 valence electrons. The highest BCUT2D eigenvalue weighted by molar-refractivity contribution is 5.86. The predicted octanol–water partition coefficient (Wildman–Crippen LogP) is -1.20. The monoisotopic (exact) mass is 243 g/mol. The van der Waals surface area contributed by atoms with Crippen LogP contribution in [0.1, 0.15) is 0 Å². The fraction of sp³-hybridized carbons (Fsp3) is 0.800. The van der Waals surface area contributed by atoms with E-state index in [1.807, 2.05) is 0 Å². The average molecular weight is 243 g/mol. The Morgan fingerprint density at radius 3 is 2.76 bits per heavy atom. The number of rotatable bonds is 4. The van der Waals surface area contributed by atoms with E-state index in [9.17, 15) is 9.59 Å². The van der Waals surface area contributed by atoms with Crippen LogP contribution in [-0.2, 0) is 9.53 Å². The highest BCUT2D eigenvalue weighted by atomic mass is 16.5. The lowest BCUT2D eigenvalue weighted by atomic mass is 10.3. The molecule has 2 aliphatic rings. The Morgan fingerprint density at radius 1 is 1.41 bits per heavy atom. The molecule has 2 heterocycles. The molecular weight excluding hydrogens is 226 g/mol. The maximum absolute atomic E-state index is 11.5. The second kappa shape index (κ2) is 5.33. The number of morpholine rings is 1. The van der Waals surface area contributed by atoms with Crippen molar-refractivity contribution in [3.05, 3.63) is 0 Å². The second-order valence-electron chi connectivity index (χ2n) is 4.19. The summed E-state index contributed by atoms with van der Waals surface area (Å²) in [5.74, 6) is -0.953. The standard InChI is InChI=1S/C10H17N3O4/c14-9(15)8-7-11-10(16)13(8)2-1-12-3-5-17-6-4-12/h8H,1-7H2,(H,11,16)(H,14,15). The number of carboxylic acids is 1. The first kappa shape index (κ1) is 12.1. The number of aliphatic carboxylic acids is 1. The number of urea groups is 1. The van der Waals surface area contributed by atoms with Gasteiger partial charge in [0.15, 0.2) is 0 Å². The number of carbonyl (C=O) groups excluding carboxylic acids is 1. The Kier molecular flexibility index (Phi) is 3.80. The van der Waals surface area contributed by atoms with Gasteiger partial charge in [-0.05, 0) is 0 Å². The third kappa shape index (κ3) is 2.86. The molecule has 2 saturated heterocycles. The minimum atomic E-state index is -0.953. The number of nitrogens with zero attached hydrogens (tertiary/aromatic N) is 2. The largest absolute Gasteiger partial charge is 0.480 e. The van der Waals surface area contributed by atoms with Gasteiger partial charge in [-0.25, -0.2) is 9.59 Å². The summed E-state index contributed by atoms with van der Waals surface area (Å²) >= 11 is 0. The van der Waals surface area contributed by atoms with Gasteiger partial charge in [0.2, 0.25) is 0 Å². The van der Waals surface area contributed by atoms with Crippen molar-refractivity contribution in [1.29, 1.82) is 0 Å². The normalized spacial score (nSPS) is 26.0. The molecule has 2 N–H and O–H groups in total. The molecule has 2 fully saturated rings. The molecule has 0 radical (unpaired) electrons. The number of hydrogen-bond donors (Lipinski definition) is 2. The van der Waals surface area contributed by atoms with Crippen LogP contribution in [0.5, 0.6) is 0 Å². The van der Waals surface area contributed by atoms with E-state index in [4.69, 9.17) is 9.84 Å². The molecule has 2 aliphatic heterocycles. The summed E-state index contributed by atoms with van der Waals surface area (Å²) in [6, 6.07) is -1.02. The molecule has 2 rings (SSSR count). The molecule has 0 saturated carbocycles. The van der Waals surface area contributed by atoms with E-state index in [2.05, 4.69) is 10.2 Å². The van der Waals surface area contributed by atoms with Gasteiger partial charge in [0.05, 0.1) is 19.8 Å². The molecule has 1 unspecified atom stereocenters. The quantitative estimate of drug-likeness (QED) is 0.648. The van der Waals surface area contributed by atoms with Gasteiger partial charge in [-0.2, -0.15) is 0 Å². The summed E-state index contributed by atoms with van der Waals surface area (Å²) in [5.41, 5.74) is 0. The van der Waals surface area contributed by atoms with E-state index in [0.29, 0.717) is 26.3 Å². The van der Waals surface area contributed by atoms with Crippen molar-refractivity contribution >= 4 is 12.0 Å². The summed E-state index contributed by atoms with van der Waals surface area (Å²) in [6.07, 6.45) is 0. The van der Waals surface area contributed by atoms with Crippen molar-refractivity contribution in [3.63, 3.8) is 0 Å². The third-order valence-corrected chi connectivity index (χ3v) is 3.13. The number of carbonyl (C=O) groups is 2. The maximum Gasteiger partial charge on any atom is 0.328 e. The first-order valence-electron chi connectivity index (χ1n) is 5.76. The maximum atomic E-state index is 11.5. The van der Waals surface area contributed by atoms with Crippen molar-refractivity contribution in [3.8, 4) is 0 Å². The summed E-state index contributed by atoms with van der Waals surface area (Å²) < 4.78 is 5.22. The molecule has 17 heavy (non-hydrogen) atoms. The van der Waals surface area contributed by atoms with Crippen LogP contribution in [0.15, 0.2) is 0 Å². The lowest BCUT2D eigenvalue weighted by molar-refractivity contribution is -0.141. The van der Waals surface area contributed by atoms with Crippen molar-refractivity contribution < 1.29 is 19.4 Å². The van der Waals surface area contributed by atoms with Gasteiger partial charge in [-0.15, -0.1) is 0 Å². The van der Waals surface area contributed by atoms with E-state index < -0.39 is 12.0 Å². The van der Waals surface area contributed by atoms with Crippen LogP contribution < -0.4 is 5.32 Å². The third-order valence-electron chi connectivity index (χ3n) is 3.13. The SMILES string of the molecule is O=C(O)C1CNC(=O)N1CCN1CCOCC1. The Morgan fingerprint density at radius 2 is 2.12 bits per heavy atom. The van der Waals surface area contributed by atoms with Gasteiger partial charge < -0.3 is 20.1 Å². The smallest absolute Gasteiger partial charge is 0.328 e. The number of ether oxygens (including phenoxy) is 1. The Bertz CT molecular complexity index is 304. The van der Waals surface area contributed by atoms with E-state index in [-0.39, 0.29) is 12.6 Å². The van der Waals surface area contributed by atoms with E-state index in [0.717, 1.165) is 13.1 Å². The number of carboxylic acid groups (broad SMARTS) is 1. The minimum absolute atomic E-state index is 0.192. The summed E-state index contributed by atoms with van der Waals surface area (Å²) in [5, 5.41) is 11.5. The zero-order chi connectivity index (χ0) is 12.3. The number of nitrogens with one attached hydrogen (secondary N) is 1. The van der Waals surface area contributed by atoms with Gasteiger partial charge in [0.25, 0.3) is 0 Å². The van der Waals surface area contributed by atoms with Crippen molar-refractivity contribution in [2.75, 3.05) is 45.9 Å². The Labute approximate surface area is 99.3 Å². The first-order valence-corrected chi connectivity index (χ1v) is 5.76. The zero-order valence-corrected chi connectivity index (χ0v) is 9.59. The molecule has 0 aromatic carbocycles. The molecule has 0 aromatic heterocycles. The molecule has 7 heteroatoms. The summed E-state index contributed by atoms with van der Waals surface area (Å²) in [6.45, 7) is 4.42. The van der Waals surface area contributed by atoms with Gasteiger partial charge in [0, 0.05) is 26.2 Å². The van der Waals surface area contributed by atoms with Crippen LogP contribution in [0.25, 0.3) is 0 Å². The lowest BCUT2D eigenvalue weighted by Crippen LogP contribution is -2.46. The van der Waals surface area contributed by atoms with E-state index in [1.54, 1.807) is 0 Å². The molecule has 0 aromatic rings. The van der Waals surface area contributed by atoms with Gasteiger partial charge >= 0.3 is 12.0 Å². The minimum Gasteiger partial charge on any atom is -0.480 e. The topological polar surface area (TPSA) is 82.1 Å². The molecule has 0 aliphatic carbocycles. The van der Waals surface area contributed by atoms with Crippen LogP contribution in [0.3, 0.4) is 0 Å². The van der Waals surface area contributed by atoms with E-state index in [1.165, 1.54) is 4.90 Å². The molecule has 7 nitrogen and oxygen atoms in total. The van der Waals surface area contributed by atoms with Gasteiger partial charge in [0.1, 0.15) is 6.04 Å². The van der Waals surface area contributed by atoms with Crippen LogP contribution >= 0.6 is 0 Å². The fourth-order valence-corrected chi connectivity index (χ4v) is 2.09. The highest BCUT2D eigenvalue weighted by Crippen LogP contribution is 2.08. The van der Waals surface area contributed by atoms with E-state index >= 15 is 0 Å². The molecule has 0 spiro atoms. The first-order chi connectivity index (χ1) is 8.18. The zero-order valence-electron chi connectivity index (χ0n) is 9.59. The van der Waals surface area contributed by atoms with Gasteiger partial charge in [-0.3, -0.25) is 4.90 Å². The molecule has 2 amide bonds. The summed E-state index contributed by atoms with van der Waals surface area (Å²) in [7, 11) is 0. The Hall–Kier alpha value is -1.34. The molecule has 0 bridgehead atoms. The van der Waals surface area contributed by atoms with Gasteiger partial charge in [-0.1, -0.05) is 0 Å². The number of amides is 2. The van der Waals surface area contributed by atoms with Crippen LogP contribution in [-0.4, -0.2) is 78.9 Å². The van der Waals surface area contributed by atoms with Crippen molar-refractivity contribution in [2.45, 2.75) is 6.04 Å². The second-order valence-corrected chi connectivity index (χ2v) is 4.19. The molecular formula is C10H17N3O4. The predicted molar refractivity (Wildman–Crippen MR) is 58.8 cm³/mol. The average Bonchev–Trinajstić information content (AvgIpc) is 2.69. The van der Waals surface area contributed by atoms with Crippen molar-refractivity contribution in [1.82, 2.24) is 15.1 Å². The van der Waals surface area contributed by atoms with Crippen LogP contribution in [0, 0.1) is 0 Å². The highest BCUT2D eigenvalue weighted by Gasteiger charge is 2.35. The fourth-order valence-electron chi connectivity index (χ4n) is 2.09. The van der Waals surface area contributed by atoms with Crippen molar-refractivity contribution in [2.24, 2.45) is 0 Å². The lowest BCUT2D eigenvalue weighted by Gasteiger charge is -2.29. The molecule has 1 atom stereocenters. The Balaban J connectivity index is 1.83. The van der Waals surface area contributed by atoms with Crippen LogP contribution in [0.2, 0.25) is 0 Å². The summed E-state index contributed by atoms with van der Waals surface area (Å²) in [4.78, 5) is 26.0. The van der Waals surface area contributed by atoms with Crippen LogP contribution in [0.4, 0.5) is 4.79 Å². The number of hydrogen-bond acceptors (Lipinski definition) is 4.